The van der Waals surface area contributed by atoms with Gasteiger partial charge in [-0.1, -0.05) is 45.4 Å². The molecule has 2 heteroatoms. The molecule has 96 valence electrons. The fraction of sp³-hybridized carbons (Fsp3) is 0.600. The molecule has 0 heterocycles. The first-order valence-corrected chi connectivity index (χ1v) is 7.34. The van der Waals surface area contributed by atoms with Gasteiger partial charge in [0.25, 0.3) is 0 Å². The number of nitrogens with one attached hydrogen (secondary N) is 1. The first kappa shape index (κ1) is 14.6. The maximum Gasteiger partial charge on any atom is 0.0216 e. The quantitative estimate of drug-likeness (QED) is 0.759. The van der Waals surface area contributed by atoms with Crippen molar-refractivity contribution in [3.8, 4) is 0 Å². The van der Waals surface area contributed by atoms with Crippen LogP contribution in [-0.2, 0) is 6.54 Å². The first-order valence-electron chi connectivity index (χ1n) is 6.46. The molecule has 0 saturated carbocycles. The lowest BCUT2D eigenvalue weighted by Gasteiger charge is -2.14. The van der Waals surface area contributed by atoms with Crippen LogP contribution in [-0.4, -0.2) is 11.8 Å². The van der Waals surface area contributed by atoms with Crippen LogP contribution in [0.2, 0.25) is 0 Å². The van der Waals surface area contributed by atoms with E-state index in [0.29, 0.717) is 11.2 Å². The van der Waals surface area contributed by atoms with Gasteiger partial charge in [0.1, 0.15) is 0 Å². The maximum absolute atomic E-state index is 3.53. The zero-order chi connectivity index (χ0) is 12.8. The van der Waals surface area contributed by atoms with Gasteiger partial charge in [-0.3, -0.25) is 0 Å². The van der Waals surface area contributed by atoms with Crippen molar-refractivity contribution in [1.29, 1.82) is 0 Å². The molecule has 0 aromatic heterocycles. The molecule has 0 fully saturated rings. The van der Waals surface area contributed by atoms with Crippen molar-refractivity contribution in [3.05, 3.63) is 29.3 Å². The fourth-order valence-corrected chi connectivity index (χ4v) is 2.65. The van der Waals surface area contributed by atoms with E-state index >= 15 is 0 Å². The molecular weight excluding hydrogens is 226 g/mol. The third-order valence-corrected chi connectivity index (χ3v) is 3.57. The molecule has 0 aliphatic carbocycles. The normalized spacial score (nSPS) is 11.5. The van der Waals surface area contributed by atoms with Gasteiger partial charge in [0, 0.05) is 16.7 Å². The molecule has 0 unspecified atom stereocenters. The Morgan fingerprint density at radius 2 is 1.88 bits per heavy atom. The van der Waals surface area contributed by atoms with Crippen molar-refractivity contribution < 1.29 is 0 Å². The van der Waals surface area contributed by atoms with Gasteiger partial charge in [0.2, 0.25) is 0 Å². The van der Waals surface area contributed by atoms with E-state index in [9.17, 15) is 0 Å². The van der Waals surface area contributed by atoms with Crippen molar-refractivity contribution in [2.45, 2.75) is 51.3 Å². The van der Waals surface area contributed by atoms with Gasteiger partial charge in [-0.15, -0.1) is 11.8 Å². The van der Waals surface area contributed by atoms with Crippen molar-refractivity contribution in [2.24, 2.45) is 5.92 Å². The predicted molar refractivity (Wildman–Crippen MR) is 78.7 cm³/mol. The number of thioether (sulfide) groups is 1. The SMILES string of the molecule is Cc1ccc(SC(C)C)c(CNCC(C)C)c1. The van der Waals surface area contributed by atoms with Crippen LogP contribution in [0.5, 0.6) is 0 Å². The van der Waals surface area contributed by atoms with Crippen molar-refractivity contribution in [3.63, 3.8) is 0 Å². The lowest BCUT2D eigenvalue weighted by molar-refractivity contribution is 0.550. The lowest BCUT2D eigenvalue weighted by Crippen LogP contribution is -2.19. The second kappa shape index (κ2) is 7.07. The summed E-state index contributed by atoms with van der Waals surface area (Å²) in [7, 11) is 0. The molecule has 1 nitrogen and oxygen atoms in total. The molecule has 1 aromatic carbocycles. The molecule has 0 spiro atoms. The van der Waals surface area contributed by atoms with Gasteiger partial charge in [-0.25, -0.2) is 0 Å². The Morgan fingerprint density at radius 1 is 1.18 bits per heavy atom. The van der Waals surface area contributed by atoms with Gasteiger partial charge in [-0.2, -0.15) is 0 Å². The van der Waals surface area contributed by atoms with Crippen LogP contribution in [0.4, 0.5) is 0 Å². The van der Waals surface area contributed by atoms with Gasteiger partial charge < -0.3 is 5.32 Å². The van der Waals surface area contributed by atoms with E-state index in [1.54, 1.807) is 0 Å². The molecule has 1 aromatic rings. The minimum atomic E-state index is 0.640. The van der Waals surface area contributed by atoms with Crippen molar-refractivity contribution in [2.75, 3.05) is 6.54 Å². The summed E-state index contributed by atoms with van der Waals surface area (Å²) in [6.45, 7) is 13.2. The molecule has 0 saturated heterocycles. The van der Waals surface area contributed by atoms with E-state index in [4.69, 9.17) is 0 Å². The van der Waals surface area contributed by atoms with E-state index < -0.39 is 0 Å². The zero-order valence-electron chi connectivity index (χ0n) is 11.7. The zero-order valence-corrected chi connectivity index (χ0v) is 12.5. The van der Waals surface area contributed by atoms with E-state index in [1.165, 1.54) is 16.0 Å². The molecule has 1 rings (SSSR count). The summed E-state index contributed by atoms with van der Waals surface area (Å²) in [4.78, 5) is 1.42. The number of rotatable bonds is 6. The Bertz CT molecular complexity index is 345. The molecule has 0 atom stereocenters. The van der Waals surface area contributed by atoms with Gasteiger partial charge in [-0.05, 0) is 31.0 Å². The van der Waals surface area contributed by atoms with E-state index in [1.807, 2.05) is 11.8 Å². The number of hydrogen-bond acceptors (Lipinski definition) is 2. The highest BCUT2D eigenvalue weighted by Crippen LogP contribution is 2.27. The van der Waals surface area contributed by atoms with E-state index in [-0.39, 0.29) is 0 Å². The summed E-state index contributed by atoms with van der Waals surface area (Å²) < 4.78 is 0. The minimum Gasteiger partial charge on any atom is -0.312 e. The molecule has 0 amide bonds. The molecule has 0 bridgehead atoms. The van der Waals surface area contributed by atoms with Gasteiger partial charge >= 0.3 is 0 Å². The lowest BCUT2D eigenvalue weighted by atomic mass is 10.1. The molecule has 0 aliphatic rings. The van der Waals surface area contributed by atoms with Crippen LogP contribution in [0, 0.1) is 12.8 Å². The molecule has 1 N–H and O–H groups in total. The Hall–Kier alpha value is -0.470. The summed E-state index contributed by atoms with van der Waals surface area (Å²) in [5, 5.41) is 4.17. The average molecular weight is 251 g/mol. The topological polar surface area (TPSA) is 12.0 Å². The van der Waals surface area contributed by atoms with Crippen molar-refractivity contribution >= 4 is 11.8 Å². The van der Waals surface area contributed by atoms with Crippen LogP contribution in [0.25, 0.3) is 0 Å². The smallest absolute Gasteiger partial charge is 0.0216 e. The van der Waals surface area contributed by atoms with Crippen LogP contribution in [0.1, 0.15) is 38.8 Å². The molecule has 17 heavy (non-hydrogen) atoms. The molecular formula is C15H25NS. The minimum absolute atomic E-state index is 0.640. The highest BCUT2D eigenvalue weighted by molar-refractivity contribution is 8.00. The third kappa shape index (κ3) is 5.60. The van der Waals surface area contributed by atoms with Crippen LogP contribution < -0.4 is 5.32 Å². The molecule has 0 radical (unpaired) electrons. The fourth-order valence-electron chi connectivity index (χ4n) is 1.71. The highest BCUT2D eigenvalue weighted by Gasteiger charge is 2.06. The van der Waals surface area contributed by atoms with Crippen LogP contribution >= 0.6 is 11.8 Å². The molecule has 0 aliphatic heterocycles. The van der Waals surface area contributed by atoms with Crippen LogP contribution in [0.15, 0.2) is 23.1 Å². The van der Waals surface area contributed by atoms with Gasteiger partial charge in [0.15, 0.2) is 0 Å². The largest absolute Gasteiger partial charge is 0.312 e. The van der Waals surface area contributed by atoms with Gasteiger partial charge in [0.05, 0.1) is 0 Å². The van der Waals surface area contributed by atoms with E-state index in [0.717, 1.165) is 13.1 Å². The van der Waals surface area contributed by atoms with E-state index in [2.05, 4.69) is 58.1 Å². The summed E-state index contributed by atoms with van der Waals surface area (Å²) in [6, 6.07) is 6.76. The number of hydrogen-bond donors (Lipinski definition) is 1. The summed E-state index contributed by atoms with van der Waals surface area (Å²) in [5.74, 6) is 0.709. The maximum atomic E-state index is 3.53. The summed E-state index contributed by atoms with van der Waals surface area (Å²) in [5.41, 5.74) is 2.78. The van der Waals surface area contributed by atoms with Crippen molar-refractivity contribution in [1.82, 2.24) is 5.32 Å². The second-order valence-corrected chi connectivity index (χ2v) is 6.92. The van der Waals surface area contributed by atoms with Crippen LogP contribution in [0.3, 0.4) is 0 Å². The average Bonchev–Trinajstić information content (AvgIpc) is 2.21. The predicted octanol–water partition coefficient (Wildman–Crippen LogP) is 4.24. The standard InChI is InChI=1S/C15H25NS/c1-11(2)9-16-10-14-8-13(5)6-7-15(14)17-12(3)4/h6-8,11-12,16H,9-10H2,1-5H3. The summed E-state index contributed by atoms with van der Waals surface area (Å²) in [6.07, 6.45) is 0. The third-order valence-electron chi connectivity index (χ3n) is 2.45. The highest BCUT2D eigenvalue weighted by atomic mass is 32.2. The Labute approximate surface area is 110 Å². The Kier molecular flexibility index (Phi) is 6.07. The summed E-state index contributed by atoms with van der Waals surface area (Å²) >= 11 is 1.95. The first-order chi connectivity index (χ1) is 7.99. The Balaban J connectivity index is 2.69. The second-order valence-electron chi connectivity index (χ2n) is 5.30. The number of aryl methyl sites for hydroxylation is 1. The number of benzene rings is 1. The Morgan fingerprint density at radius 3 is 2.47 bits per heavy atom. The monoisotopic (exact) mass is 251 g/mol.